The van der Waals surface area contributed by atoms with Gasteiger partial charge in [-0.05, 0) is 43.0 Å². The van der Waals surface area contributed by atoms with Crippen LogP contribution >= 0.6 is 11.6 Å². The van der Waals surface area contributed by atoms with Gasteiger partial charge in [-0.1, -0.05) is 17.7 Å². The van der Waals surface area contributed by atoms with E-state index in [0.717, 1.165) is 24.0 Å². The van der Waals surface area contributed by atoms with Crippen molar-refractivity contribution in [3.05, 3.63) is 34.3 Å². The van der Waals surface area contributed by atoms with Crippen molar-refractivity contribution in [2.45, 2.75) is 25.9 Å². The van der Waals surface area contributed by atoms with Gasteiger partial charge in [0.1, 0.15) is 0 Å². The topological polar surface area (TPSA) is 88.1 Å². The van der Waals surface area contributed by atoms with Gasteiger partial charge in [0, 0.05) is 30.6 Å². The number of nitrogens with zero attached hydrogens (tertiary/aromatic N) is 1. The first-order valence-electron chi connectivity index (χ1n) is 8.59. The quantitative estimate of drug-likeness (QED) is 0.733. The van der Waals surface area contributed by atoms with Gasteiger partial charge >= 0.3 is 12.2 Å². The molecular formula is C18H25ClN2O5. The lowest BCUT2D eigenvalue weighted by atomic mass is 9.87. The summed E-state index contributed by atoms with van der Waals surface area (Å²) in [6, 6.07) is 5.62. The maximum atomic E-state index is 11.4. The van der Waals surface area contributed by atoms with E-state index in [1.807, 2.05) is 25.1 Å². The molecule has 8 heteroatoms. The van der Waals surface area contributed by atoms with Crippen molar-refractivity contribution in [3.63, 3.8) is 0 Å². The molecule has 2 N–H and O–H groups in total. The maximum absolute atomic E-state index is 11.4. The number of hydrogen-bond acceptors (Lipinski definition) is 4. The number of hydrogen-bond donors (Lipinski definition) is 2. The number of benzene rings is 1. The fraction of sp³-hybridized carbons (Fsp3) is 0.556. The molecule has 2 unspecified atom stereocenters. The Labute approximate surface area is 158 Å². The number of aryl methyl sites for hydroxylation is 1. The number of likely N-dealkylation sites (tertiary alicyclic amines) is 1. The maximum Gasteiger partial charge on any atom is 0.407 e. The standard InChI is InChI=1S/C18H25ClN2O5/c1-12-5-6-14(19)10-15(12)16(26-9-7-20-17(22)25-2)13-4-3-8-21(11-13)18(23)24/h5-6,10,13,16H,3-4,7-9,11H2,1-2H3,(H,20,22)(H,23,24). The second-order valence-electron chi connectivity index (χ2n) is 6.34. The summed E-state index contributed by atoms with van der Waals surface area (Å²) in [4.78, 5) is 23.9. The number of piperidine rings is 1. The molecule has 0 saturated carbocycles. The number of alkyl carbamates (subject to hydrolysis) is 1. The summed E-state index contributed by atoms with van der Waals surface area (Å²) >= 11 is 6.17. The van der Waals surface area contributed by atoms with Crippen LogP contribution in [0.15, 0.2) is 18.2 Å². The largest absolute Gasteiger partial charge is 0.465 e. The number of amides is 2. The van der Waals surface area contributed by atoms with Crippen molar-refractivity contribution >= 4 is 23.8 Å². The summed E-state index contributed by atoms with van der Waals surface area (Å²) in [5.74, 6) is 0.0233. The molecule has 1 aromatic carbocycles. The first-order valence-corrected chi connectivity index (χ1v) is 8.97. The van der Waals surface area contributed by atoms with Gasteiger partial charge in [0.25, 0.3) is 0 Å². The van der Waals surface area contributed by atoms with E-state index in [9.17, 15) is 14.7 Å². The van der Waals surface area contributed by atoms with Gasteiger partial charge in [-0.2, -0.15) is 0 Å². The van der Waals surface area contributed by atoms with Crippen molar-refractivity contribution in [1.29, 1.82) is 0 Å². The molecule has 7 nitrogen and oxygen atoms in total. The average molecular weight is 385 g/mol. The summed E-state index contributed by atoms with van der Waals surface area (Å²) in [5, 5.41) is 12.5. The van der Waals surface area contributed by atoms with Crippen molar-refractivity contribution in [1.82, 2.24) is 10.2 Å². The van der Waals surface area contributed by atoms with E-state index >= 15 is 0 Å². The van der Waals surface area contributed by atoms with Crippen LogP contribution in [-0.2, 0) is 9.47 Å². The van der Waals surface area contributed by atoms with Crippen LogP contribution in [0.3, 0.4) is 0 Å². The fourth-order valence-corrected chi connectivity index (χ4v) is 3.42. The number of methoxy groups -OCH3 is 1. The van der Waals surface area contributed by atoms with E-state index in [2.05, 4.69) is 10.1 Å². The smallest absolute Gasteiger partial charge is 0.407 e. The first-order chi connectivity index (χ1) is 12.4. The molecule has 1 aromatic rings. The van der Waals surface area contributed by atoms with Gasteiger partial charge in [-0.15, -0.1) is 0 Å². The fourth-order valence-electron chi connectivity index (χ4n) is 3.24. The number of nitrogens with one attached hydrogen (secondary N) is 1. The highest BCUT2D eigenvalue weighted by Crippen LogP contribution is 2.35. The predicted molar refractivity (Wildman–Crippen MR) is 97.6 cm³/mol. The lowest BCUT2D eigenvalue weighted by Gasteiger charge is -2.36. The molecule has 1 aliphatic rings. The molecule has 0 radical (unpaired) electrons. The molecule has 1 fully saturated rings. The van der Waals surface area contributed by atoms with Crippen molar-refractivity contribution in [3.8, 4) is 0 Å². The molecular weight excluding hydrogens is 360 g/mol. The minimum absolute atomic E-state index is 0.0233. The van der Waals surface area contributed by atoms with Crippen LogP contribution in [-0.4, -0.2) is 55.5 Å². The first kappa shape index (κ1) is 20.3. The third-order valence-corrected chi connectivity index (χ3v) is 4.79. The Morgan fingerprint density at radius 1 is 1.46 bits per heavy atom. The molecule has 0 aromatic heterocycles. The summed E-state index contributed by atoms with van der Waals surface area (Å²) in [7, 11) is 1.30. The van der Waals surface area contributed by atoms with Crippen LogP contribution in [0.1, 0.15) is 30.1 Å². The van der Waals surface area contributed by atoms with E-state index in [4.69, 9.17) is 16.3 Å². The predicted octanol–water partition coefficient (Wildman–Crippen LogP) is 3.45. The second-order valence-corrected chi connectivity index (χ2v) is 6.78. The molecule has 1 aliphatic heterocycles. The molecule has 1 heterocycles. The summed E-state index contributed by atoms with van der Waals surface area (Å²) in [5.41, 5.74) is 1.99. The summed E-state index contributed by atoms with van der Waals surface area (Å²) in [6.45, 7) is 3.52. The molecule has 2 rings (SSSR count). The van der Waals surface area contributed by atoms with Crippen LogP contribution in [0.25, 0.3) is 0 Å². The van der Waals surface area contributed by atoms with Gasteiger partial charge in [0.2, 0.25) is 0 Å². The van der Waals surface area contributed by atoms with Crippen LogP contribution in [0.2, 0.25) is 5.02 Å². The number of ether oxygens (including phenoxy) is 2. The van der Waals surface area contributed by atoms with E-state index in [1.54, 1.807) is 0 Å². The van der Waals surface area contributed by atoms with Crippen molar-refractivity contribution in [2.24, 2.45) is 5.92 Å². The Balaban J connectivity index is 2.14. The van der Waals surface area contributed by atoms with Gasteiger partial charge in [0.05, 0.1) is 19.8 Å². The number of carbonyl (C=O) groups is 2. The van der Waals surface area contributed by atoms with Crippen LogP contribution < -0.4 is 5.32 Å². The van der Waals surface area contributed by atoms with E-state index in [1.165, 1.54) is 12.0 Å². The van der Waals surface area contributed by atoms with Crippen molar-refractivity contribution < 1.29 is 24.2 Å². The van der Waals surface area contributed by atoms with Gasteiger partial charge < -0.3 is 24.8 Å². The Hall–Kier alpha value is -1.99. The lowest BCUT2D eigenvalue weighted by molar-refractivity contribution is -0.0120. The highest BCUT2D eigenvalue weighted by molar-refractivity contribution is 6.30. The average Bonchev–Trinajstić information content (AvgIpc) is 2.64. The number of rotatable bonds is 6. The monoisotopic (exact) mass is 384 g/mol. The summed E-state index contributed by atoms with van der Waals surface area (Å²) in [6.07, 6.45) is -0.0699. The number of carboxylic acid groups (broad SMARTS) is 1. The third-order valence-electron chi connectivity index (χ3n) is 4.56. The van der Waals surface area contributed by atoms with Gasteiger partial charge in [0.15, 0.2) is 0 Å². The van der Waals surface area contributed by atoms with E-state index in [-0.39, 0.29) is 18.6 Å². The van der Waals surface area contributed by atoms with Crippen LogP contribution in [0.4, 0.5) is 9.59 Å². The lowest BCUT2D eigenvalue weighted by Crippen LogP contribution is -2.41. The van der Waals surface area contributed by atoms with Gasteiger partial charge in [-0.25, -0.2) is 9.59 Å². The summed E-state index contributed by atoms with van der Waals surface area (Å²) < 4.78 is 10.6. The Morgan fingerprint density at radius 3 is 2.92 bits per heavy atom. The van der Waals surface area contributed by atoms with Crippen molar-refractivity contribution in [2.75, 3.05) is 33.4 Å². The Kier molecular flexibility index (Phi) is 7.53. The minimum Gasteiger partial charge on any atom is -0.465 e. The Bertz CT molecular complexity index is 640. The third kappa shape index (κ3) is 5.51. The number of halogens is 1. The van der Waals surface area contributed by atoms with Crippen LogP contribution in [0.5, 0.6) is 0 Å². The SMILES string of the molecule is COC(=O)NCCOC(c1cc(Cl)ccc1C)C1CCCN(C(=O)O)C1. The zero-order valence-corrected chi connectivity index (χ0v) is 15.8. The molecule has 26 heavy (non-hydrogen) atoms. The van der Waals surface area contributed by atoms with Gasteiger partial charge in [-0.3, -0.25) is 0 Å². The minimum atomic E-state index is -0.913. The normalized spacial score (nSPS) is 18.3. The zero-order valence-electron chi connectivity index (χ0n) is 15.0. The van der Waals surface area contributed by atoms with Crippen LogP contribution in [0, 0.1) is 12.8 Å². The molecule has 2 atom stereocenters. The molecule has 2 amide bonds. The highest BCUT2D eigenvalue weighted by Gasteiger charge is 2.32. The molecule has 1 saturated heterocycles. The molecule has 0 aliphatic carbocycles. The highest BCUT2D eigenvalue weighted by atomic mass is 35.5. The zero-order chi connectivity index (χ0) is 19.1. The molecule has 0 bridgehead atoms. The van der Waals surface area contributed by atoms with E-state index < -0.39 is 12.2 Å². The molecule has 0 spiro atoms. The molecule has 144 valence electrons. The second kappa shape index (κ2) is 9.64. The number of carbonyl (C=O) groups excluding carboxylic acids is 1. The Morgan fingerprint density at radius 2 is 2.23 bits per heavy atom. The van der Waals surface area contributed by atoms with E-state index in [0.29, 0.717) is 24.7 Å².